The van der Waals surface area contributed by atoms with Gasteiger partial charge < -0.3 is 0 Å². The fraction of sp³-hybridized carbons (Fsp3) is 0.375. The molecule has 0 atom stereocenters. The molecule has 74 valence electrons. The third kappa shape index (κ3) is 1.55. The Balaban J connectivity index is 2.39. The highest BCUT2D eigenvalue weighted by molar-refractivity contribution is 6.28. The molecule has 1 aromatic rings. The van der Waals surface area contributed by atoms with Gasteiger partial charge in [-0.05, 0) is 18.0 Å². The van der Waals surface area contributed by atoms with Gasteiger partial charge in [-0.25, -0.2) is 9.37 Å². The second-order valence-electron chi connectivity index (χ2n) is 2.96. The number of nitrogens with zero attached hydrogens (tertiary/aromatic N) is 3. The summed E-state index contributed by atoms with van der Waals surface area (Å²) in [6.45, 7) is 0.489. The summed E-state index contributed by atoms with van der Waals surface area (Å²) in [6, 6.07) is 0. The number of halogens is 2. The lowest BCUT2D eigenvalue weighted by Gasteiger charge is -2.14. The van der Waals surface area contributed by atoms with Crippen LogP contribution in [0.25, 0.3) is 0 Å². The van der Waals surface area contributed by atoms with Gasteiger partial charge in [0.15, 0.2) is 11.6 Å². The molecule has 4 nitrogen and oxygen atoms in total. The fourth-order valence-electron chi connectivity index (χ4n) is 1.40. The quantitative estimate of drug-likeness (QED) is 0.666. The average molecular weight is 216 g/mol. The van der Waals surface area contributed by atoms with Crippen molar-refractivity contribution in [2.75, 3.05) is 11.4 Å². The lowest BCUT2D eigenvalue weighted by Crippen LogP contribution is -2.26. The minimum Gasteiger partial charge on any atom is -0.294 e. The van der Waals surface area contributed by atoms with Crippen LogP contribution in [0.15, 0.2) is 6.20 Å². The SMILES string of the molecule is O=C1CCCN1c1nc(Cl)ncc1F. The van der Waals surface area contributed by atoms with E-state index in [2.05, 4.69) is 9.97 Å². The maximum atomic E-state index is 13.2. The zero-order valence-electron chi connectivity index (χ0n) is 7.20. The van der Waals surface area contributed by atoms with E-state index in [0.29, 0.717) is 13.0 Å². The molecule has 1 fully saturated rings. The zero-order chi connectivity index (χ0) is 10.1. The predicted octanol–water partition coefficient (Wildman–Crippen LogP) is 1.40. The molecule has 0 N–H and O–H groups in total. The predicted molar refractivity (Wildman–Crippen MR) is 48.6 cm³/mol. The van der Waals surface area contributed by atoms with E-state index < -0.39 is 5.82 Å². The molecule has 0 radical (unpaired) electrons. The summed E-state index contributed by atoms with van der Waals surface area (Å²) in [5.74, 6) is -0.768. The van der Waals surface area contributed by atoms with Gasteiger partial charge in [-0.15, -0.1) is 0 Å². The van der Waals surface area contributed by atoms with Crippen molar-refractivity contribution in [3.63, 3.8) is 0 Å². The van der Waals surface area contributed by atoms with Crippen molar-refractivity contribution in [2.45, 2.75) is 12.8 Å². The number of carbonyl (C=O) groups excluding carboxylic acids is 1. The molecule has 6 heteroatoms. The van der Waals surface area contributed by atoms with Crippen LogP contribution in [0.4, 0.5) is 10.2 Å². The van der Waals surface area contributed by atoms with Crippen molar-refractivity contribution in [1.29, 1.82) is 0 Å². The van der Waals surface area contributed by atoms with Crippen LogP contribution in [0.1, 0.15) is 12.8 Å². The standard InChI is InChI=1S/C8H7ClFN3O/c9-8-11-4-5(10)7(12-8)13-3-1-2-6(13)14/h4H,1-3H2. The Labute approximate surface area is 84.7 Å². The number of anilines is 1. The number of carbonyl (C=O) groups is 1. The third-order valence-corrected chi connectivity index (χ3v) is 2.21. The number of aromatic nitrogens is 2. The van der Waals surface area contributed by atoms with Gasteiger partial charge in [0, 0.05) is 13.0 Å². The number of hydrogen-bond donors (Lipinski definition) is 0. The Morgan fingerprint density at radius 3 is 3.00 bits per heavy atom. The summed E-state index contributed by atoms with van der Waals surface area (Å²) in [5.41, 5.74) is 0. The fourth-order valence-corrected chi connectivity index (χ4v) is 1.53. The first-order chi connectivity index (χ1) is 6.68. The van der Waals surface area contributed by atoms with Gasteiger partial charge in [-0.1, -0.05) is 0 Å². The molecule has 0 saturated carbocycles. The Bertz CT molecular complexity index is 385. The first-order valence-corrected chi connectivity index (χ1v) is 4.54. The van der Waals surface area contributed by atoms with Gasteiger partial charge in [0.1, 0.15) is 0 Å². The Morgan fingerprint density at radius 1 is 1.57 bits per heavy atom. The molecule has 1 amide bonds. The van der Waals surface area contributed by atoms with Crippen LogP contribution in [0, 0.1) is 5.82 Å². The highest BCUT2D eigenvalue weighted by atomic mass is 35.5. The number of rotatable bonds is 1. The molecule has 1 aromatic heterocycles. The minimum atomic E-state index is -0.621. The molecule has 1 aliphatic heterocycles. The van der Waals surface area contributed by atoms with E-state index in [0.717, 1.165) is 12.6 Å². The van der Waals surface area contributed by atoms with Crippen molar-refractivity contribution in [3.8, 4) is 0 Å². The summed E-state index contributed by atoms with van der Waals surface area (Å²) in [6.07, 6.45) is 2.12. The molecule has 2 rings (SSSR count). The van der Waals surface area contributed by atoms with E-state index in [-0.39, 0.29) is 17.0 Å². The molecule has 0 unspecified atom stereocenters. The van der Waals surface area contributed by atoms with E-state index in [1.165, 1.54) is 4.90 Å². The van der Waals surface area contributed by atoms with Gasteiger partial charge in [-0.2, -0.15) is 4.98 Å². The molecule has 14 heavy (non-hydrogen) atoms. The second-order valence-corrected chi connectivity index (χ2v) is 3.30. The highest BCUT2D eigenvalue weighted by Crippen LogP contribution is 2.22. The average Bonchev–Trinajstić information content (AvgIpc) is 2.56. The molecule has 0 aliphatic carbocycles. The van der Waals surface area contributed by atoms with Gasteiger partial charge in [0.2, 0.25) is 11.2 Å². The largest absolute Gasteiger partial charge is 0.294 e. The van der Waals surface area contributed by atoms with E-state index in [9.17, 15) is 9.18 Å². The normalized spacial score (nSPS) is 16.4. The second kappa shape index (κ2) is 3.49. The summed E-state index contributed by atoms with van der Waals surface area (Å²) >= 11 is 5.52. The topological polar surface area (TPSA) is 46.1 Å². The highest BCUT2D eigenvalue weighted by Gasteiger charge is 2.25. The van der Waals surface area contributed by atoms with E-state index >= 15 is 0 Å². The molecule has 0 aromatic carbocycles. The lowest BCUT2D eigenvalue weighted by molar-refractivity contribution is -0.117. The molecule has 1 aliphatic rings. The van der Waals surface area contributed by atoms with Gasteiger partial charge in [0.05, 0.1) is 6.20 Å². The van der Waals surface area contributed by atoms with Crippen molar-refractivity contribution in [3.05, 3.63) is 17.3 Å². The smallest absolute Gasteiger partial charge is 0.228 e. The Kier molecular flexibility index (Phi) is 2.33. The van der Waals surface area contributed by atoms with Crippen LogP contribution in [-0.4, -0.2) is 22.4 Å². The summed E-state index contributed by atoms with van der Waals surface area (Å²) in [4.78, 5) is 19.8. The monoisotopic (exact) mass is 215 g/mol. The van der Waals surface area contributed by atoms with Gasteiger partial charge in [0.25, 0.3) is 0 Å². The molecule has 0 bridgehead atoms. The van der Waals surface area contributed by atoms with Crippen molar-refractivity contribution < 1.29 is 9.18 Å². The summed E-state index contributed by atoms with van der Waals surface area (Å²) < 4.78 is 13.2. The Morgan fingerprint density at radius 2 is 2.36 bits per heavy atom. The van der Waals surface area contributed by atoms with E-state index in [4.69, 9.17) is 11.6 Å². The van der Waals surface area contributed by atoms with Crippen molar-refractivity contribution in [1.82, 2.24) is 9.97 Å². The molecule has 1 saturated heterocycles. The van der Waals surface area contributed by atoms with E-state index in [1.54, 1.807) is 0 Å². The molecular weight excluding hydrogens is 209 g/mol. The van der Waals surface area contributed by atoms with Crippen LogP contribution < -0.4 is 4.90 Å². The first-order valence-electron chi connectivity index (χ1n) is 4.17. The van der Waals surface area contributed by atoms with Gasteiger partial charge in [-0.3, -0.25) is 9.69 Å². The lowest BCUT2D eigenvalue weighted by atomic mass is 10.4. The zero-order valence-corrected chi connectivity index (χ0v) is 7.96. The Hall–Kier alpha value is -1.23. The van der Waals surface area contributed by atoms with Crippen LogP contribution >= 0.6 is 11.6 Å². The summed E-state index contributed by atoms with van der Waals surface area (Å²) in [7, 11) is 0. The first kappa shape index (κ1) is 9.33. The number of amides is 1. The van der Waals surface area contributed by atoms with Crippen molar-refractivity contribution >= 4 is 23.3 Å². The third-order valence-electron chi connectivity index (χ3n) is 2.03. The van der Waals surface area contributed by atoms with Crippen LogP contribution in [0.5, 0.6) is 0 Å². The van der Waals surface area contributed by atoms with E-state index in [1.807, 2.05) is 0 Å². The maximum absolute atomic E-state index is 13.2. The van der Waals surface area contributed by atoms with Crippen molar-refractivity contribution in [2.24, 2.45) is 0 Å². The number of hydrogen-bond acceptors (Lipinski definition) is 3. The minimum absolute atomic E-state index is 0.0208. The summed E-state index contributed by atoms with van der Waals surface area (Å²) in [5, 5.41) is -0.0545. The molecule has 0 spiro atoms. The van der Waals surface area contributed by atoms with Crippen LogP contribution in [0.2, 0.25) is 5.28 Å². The maximum Gasteiger partial charge on any atom is 0.228 e. The molecule has 2 heterocycles. The molecular formula is C8H7ClFN3O. The van der Waals surface area contributed by atoms with Crippen LogP contribution in [0.3, 0.4) is 0 Å². The van der Waals surface area contributed by atoms with Gasteiger partial charge >= 0.3 is 0 Å². The van der Waals surface area contributed by atoms with Crippen LogP contribution in [-0.2, 0) is 4.79 Å².